The second kappa shape index (κ2) is 10.1. The van der Waals surface area contributed by atoms with Crippen molar-refractivity contribution in [3.63, 3.8) is 0 Å². The minimum Gasteiger partial charge on any atom is -0.380 e. The van der Waals surface area contributed by atoms with Crippen molar-refractivity contribution in [2.45, 2.75) is 33.3 Å². The lowest BCUT2D eigenvalue weighted by atomic mass is 10.3. The zero-order valence-electron chi connectivity index (χ0n) is 10.0. The van der Waals surface area contributed by atoms with Crippen LogP contribution in [0.25, 0.3) is 0 Å². The molecule has 1 N–H and O–H groups in total. The van der Waals surface area contributed by atoms with Crippen LogP contribution in [0.2, 0.25) is 0 Å². The molecule has 0 bridgehead atoms. The maximum atomic E-state index is 10.8. The number of ether oxygens (including phenoxy) is 2. The van der Waals surface area contributed by atoms with Gasteiger partial charge in [0.05, 0.1) is 6.61 Å². The second-order valence-corrected chi connectivity index (χ2v) is 3.44. The first-order valence-corrected chi connectivity index (χ1v) is 5.59. The minimum atomic E-state index is -0.285. The summed E-state index contributed by atoms with van der Waals surface area (Å²) in [5.74, 6) is 0.0723. The summed E-state index contributed by atoms with van der Waals surface area (Å²) in [6.07, 6.45) is 0.552. The van der Waals surface area contributed by atoms with Crippen LogP contribution in [0.3, 0.4) is 0 Å². The van der Waals surface area contributed by atoms with Gasteiger partial charge in [-0.15, -0.1) is 0 Å². The summed E-state index contributed by atoms with van der Waals surface area (Å²) in [5, 5.41) is 3.17. The van der Waals surface area contributed by atoms with Crippen molar-refractivity contribution in [3.05, 3.63) is 0 Å². The molecular weight excluding hydrogens is 194 g/mol. The quantitative estimate of drug-likeness (QED) is 0.562. The van der Waals surface area contributed by atoms with Crippen LogP contribution in [0.1, 0.15) is 28.6 Å². The Bertz CT molecular complexity index is 167. The molecule has 4 heteroatoms. The smallest absolute Gasteiger partial charge is 0.158 e. The van der Waals surface area contributed by atoms with Crippen LogP contribution in [0, 0.1) is 0 Å². The Morgan fingerprint density at radius 1 is 1.40 bits per heavy atom. The van der Waals surface area contributed by atoms with Gasteiger partial charge in [0.15, 0.2) is 5.78 Å². The van der Waals surface area contributed by atoms with Gasteiger partial charge in [-0.05, 0) is 26.8 Å². The first kappa shape index (κ1) is 14.6. The summed E-state index contributed by atoms with van der Waals surface area (Å²) in [7, 11) is 0. The second-order valence-electron chi connectivity index (χ2n) is 3.44. The molecule has 0 amide bonds. The van der Waals surface area contributed by atoms with E-state index >= 15 is 0 Å². The molecule has 15 heavy (non-hydrogen) atoms. The van der Waals surface area contributed by atoms with Crippen molar-refractivity contribution in [1.29, 1.82) is 0 Å². The van der Waals surface area contributed by atoms with Gasteiger partial charge in [0.25, 0.3) is 0 Å². The Balaban J connectivity index is 0. The fourth-order valence-electron chi connectivity index (χ4n) is 0.962. The number of rotatable bonds is 10. The molecule has 1 atom stereocenters. The summed E-state index contributed by atoms with van der Waals surface area (Å²) >= 11 is 0. The summed E-state index contributed by atoms with van der Waals surface area (Å²) < 4.78 is 10.6. The molecule has 0 aromatic rings. The average Bonchev–Trinajstić information content (AvgIpc) is 2.21. The molecule has 0 aromatic heterocycles. The first-order valence-electron chi connectivity index (χ1n) is 5.59. The molecule has 4 nitrogen and oxygen atoms in total. The molecule has 0 aliphatic heterocycles. The fourth-order valence-corrected chi connectivity index (χ4v) is 0.962. The maximum absolute atomic E-state index is 10.8. The molecule has 0 heterocycles. The third-order valence-corrected chi connectivity index (χ3v) is 2.05. The van der Waals surface area contributed by atoms with Crippen molar-refractivity contribution in [3.8, 4) is 0 Å². The van der Waals surface area contributed by atoms with E-state index in [1.165, 1.54) is 6.92 Å². The van der Waals surface area contributed by atoms with Crippen LogP contribution in [0.15, 0.2) is 0 Å². The van der Waals surface area contributed by atoms with E-state index in [-0.39, 0.29) is 13.3 Å². The number of Topliss-reactive ketones (excluding diaryl/α,β-unsaturated/α-hetero) is 1. The van der Waals surface area contributed by atoms with E-state index in [4.69, 9.17) is 9.47 Å². The van der Waals surface area contributed by atoms with Gasteiger partial charge in [0.1, 0.15) is 6.10 Å². The van der Waals surface area contributed by atoms with Gasteiger partial charge in [-0.2, -0.15) is 0 Å². The van der Waals surface area contributed by atoms with Crippen molar-refractivity contribution < 1.29 is 15.7 Å². The van der Waals surface area contributed by atoms with E-state index in [1.807, 2.05) is 0 Å². The predicted octanol–water partition coefficient (Wildman–Crippen LogP) is 1.24. The Morgan fingerprint density at radius 3 is 2.73 bits per heavy atom. The average molecular weight is 219 g/mol. The van der Waals surface area contributed by atoms with E-state index in [0.717, 1.165) is 26.1 Å². The topological polar surface area (TPSA) is 47.6 Å². The molecular formula is C11H25NO3. The number of hydrogen-bond acceptors (Lipinski definition) is 4. The molecule has 0 aliphatic rings. The number of hydrogen-bond donors (Lipinski definition) is 1. The predicted molar refractivity (Wildman–Crippen MR) is 62.2 cm³/mol. The third-order valence-electron chi connectivity index (χ3n) is 2.05. The van der Waals surface area contributed by atoms with Gasteiger partial charge in [0.2, 0.25) is 0 Å². The van der Waals surface area contributed by atoms with Crippen molar-refractivity contribution in [2.75, 3.05) is 32.9 Å². The lowest BCUT2D eigenvalue weighted by molar-refractivity contribution is -0.127. The van der Waals surface area contributed by atoms with Gasteiger partial charge in [-0.1, -0.05) is 6.92 Å². The summed E-state index contributed by atoms with van der Waals surface area (Å²) in [4.78, 5) is 10.8. The van der Waals surface area contributed by atoms with E-state index in [0.29, 0.717) is 13.2 Å². The Kier molecular flexibility index (Phi) is 9.78. The van der Waals surface area contributed by atoms with Gasteiger partial charge in [-0.3, -0.25) is 4.79 Å². The number of nitrogens with one attached hydrogen (secondary N) is 1. The highest BCUT2D eigenvalue weighted by atomic mass is 16.5. The van der Waals surface area contributed by atoms with Gasteiger partial charge >= 0.3 is 0 Å². The number of carbonyl (C=O) groups excluding carboxylic acids is 1. The fraction of sp³-hybridized carbons (Fsp3) is 0.909. The maximum Gasteiger partial charge on any atom is 0.158 e. The Labute approximate surface area is 93.8 Å². The van der Waals surface area contributed by atoms with Crippen molar-refractivity contribution in [2.24, 2.45) is 0 Å². The Morgan fingerprint density at radius 2 is 2.13 bits per heavy atom. The highest BCUT2D eigenvalue weighted by Crippen LogP contribution is 1.94. The molecule has 0 fully saturated rings. The monoisotopic (exact) mass is 219 g/mol. The lowest BCUT2D eigenvalue weighted by Crippen LogP contribution is -2.20. The van der Waals surface area contributed by atoms with Crippen LogP contribution < -0.4 is 5.32 Å². The largest absolute Gasteiger partial charge is 0.380 e. The number of ketones is 1. The van der Waals surface area contributed by atoms with Gasteiger partial charge in [-0.25, -0.2) is 0 Å². The Hall–Kier alpha value is -0.450. The summed E-state index contributed by atoms with van der Waals surface area (Å²) in [5.41, 5.74) is 0. The van der Waals surface area contributed by atoms with Crippen LogP contribution in [-0.4, -0.2) is 44.8 Å². The van der Waals surface area contributed by atoms with Crippen molar-refractivity contribution >= 4 is 5.78 Å². The molecule has 0 radical (unpaired) electrons. The van der Waals surface area contributed by atoms with E-state index in [2.05, 4.69) is 12.2 Å². The van der Waals surface area contributed by atoms with E-state index < -0.39 is 0 Å². The zero-order valence-corrected chi connectivity index (χ0v) is 10.0. The van der Waals surface area contributed by atoms with E-state index in [1.54, 1.807) is 6.92 Å². The normalized spacial score (nSPS) is 12.7. The van der Waals surface area contributed by atoms with Crippen LogP contribution >= 0.6 is 0 Å². The highest BCUT2D eigenvalue weighted by molar-refractivity contribution is 5.79. The number of carbonyl (C=O) groups is 1. The summed E-state index contributed by atoms with van der Waals surface area (Å²) in [6, 6.07) is 0. The van der Waals surface area contributed by atoms with Crippen LogP contribution in [-0.2, 0) is 14.3 Å². The molecule has 0 aliphatic carbocycles. The first-order chi connectivity index (χ1) is 7.18. The lowest BCUT2D eigenvalue weighted by Gasteiger charge is -2.09. The van der Waals surface area contributed by atoms with Crippen LogP contribution in [0.4, 0.5) is 0 Å². The van der Waals surface area contributed by atoms with Gasteiger partial charge in [0, 0.05) is 21.2 Å². The summed E-state index contributed by atoms with van der Waals surface area (Å²) in [6.45, 7) is 9.25. The molecule has 0 saturated carbocycles. The molecule has 0 unspecified atom stereocenters. The highest BCUT2D eigenvalue weighted by Gasteiger charge is 2.06. The SMILES string of the molecule is CCNCCOCCCO[C@@H](C)C(C)=O.[HH]. The van der Waals surface area contributed by atoms with Gasteiger partial charge < -0.3 is 14.8 Å². The van der Waals surface area contributed by atoms with Crippen LogP contribution in [0.5, 0.6) is 0 Å². The molecule has 0 rings (SSSR count). The zero-order chi connectivity index (χ0) is 11.5. The minimum absolute atomic E-state index is 0. The molecule has 0 saturated heterocycles. The molecule has 0 aromatic carbocycles. The van der Waals surface area contributed by atoms with E-state index in [9.17, 15) is 4.79 Å². The molecule has 92 valence electrons. The third kappa shape index (κ3) is 9.85. The number of likely N-dealkylation sites (N-methyl/N-ethyl adjacent to an activating group) is 1. The molecule has 0 spiro atoms. The standard InChI is InChI=1S/C11H23NO3.H2/c1-4-12-6-9-14-7-5-8-15-11(3)10(2)13;/h11-12H,4-9H2,1-3H3;1H/t11-;/m0./s1. The van der Waals surface area contributed by atoms with Crippen molar-refractivity contribution in [1.82, 2.24) is 5.32 Å².